The fourth-order valence-electron chi connectivity index (χ4n) is 1.13. The molecule has 1 heterocycles. The number of carbonyl (C=O) groups is 1. The first-order valence-corrected chi connectivity index (χ1v) is 4.89. The quantitative estimate of drug-likeness (QED) is 0.767. The maximum atomic E-state index is 11.7. The number of aromatic nitrogens is 2. The first kappa shape index (κ1) is 11.6. The average Bonchev–Trinajstić information content (AvgIpc) is 2.26. The normalized spacial score (nSPS) is 10.1. The van der Waals surface area contributed by atoms with Crippen LogP contribution in [0.4, 0.5) is 0 Å². The third kappa shape index (κ3) is 3.28. The second-order valence-corrected chi connectivity index (χ2v) is 3.41. The summed E-state index contributed by atoms with van der Waals surface area (Å²) in [5, 5.41) is 0. The fourth-order valence-corrected chi connectivity index (χ4v) is 1.13. The molecule has 5 heteroatoms. The van der Waals surface area contributed by atoms with Gasteiger partial charge in [-0.05, 0) is 19.9 Å². The molecule has 0 saturated carbocycles. The second kappa shape index (κ2) is 5.41. The fraction of sp³-hybridized carbons (Fsp3) is 0.500. The summed E-state index contributed by atoms with van der Waals surface area (Å²) in [5.41, 5.74) is 6.55. The van der Waals surface area contributed by atoms with E-state index in [4.69, 9.17) is 5.73 Å². The van der Waals surface area contributed by atoms with E-state index in [0.717, 1.165) is 12.1 Å². The van der Waals surface area contributed by atoms with E-state index in [-0.39, 0.29) is 5.91 Å². The number of rotatable bonds is 4. The first-order valence-electron chi connectivity index (χ1n) is 4.89. The van der Waals surface area contributed by atoms with Crippen molar-refractivity contribution in [2.45, 2.75) is 13.3 Å². The summed E-state index contributed by atoms with van der Waals surface area (Å²) < 4.78 is 0. The van der Waals surface area contributed by atoms with Crippen molar-refractivity contribution in [2.24, 2.45) is 5.73 Å². The van der Waals surface area contributed by atoms with Gasteiger partial charge in [-0.3, -0.25) is 9.78 Å². The Labute approximate surface area is 89.3 Å². The molecule has 1 aromatic heterocycles. The highest BCUT2D eigenvalue weighted by molar-refractivity contribution is 5.91. The third-order valence-electron chi connectivity index (χ3n) is 2.04. The summed E-state index contributed by atoms with van der Waals surface area (Å²) >= 11 is 0. The zero-order valence-corrected chi connectivity index (χ0v) is 9.10. The van der Waals surface area contributed by atoms with Gasteiger partial charge in [-0.25, -0.2) is 4.98 Å². The van der Waals surface area contributed by atoms with E-state index in [1.54, 1.807) is 18.1 Å². The van der Waals surface area contributed by atoms with Crippen LogP contribution in [0.3, 0.4) is 0 Å². The molecular weight excluding hydrogens is 192 g/mol. The van der Waals surface area contributed by atoms with Crippen molar-refractivity contribution < 1.29 is 4.79 Å². The number of hydrogen-bond acceptors (Lipinski definition) is 4. The molecule has 0 aliphatic heterocycles. The highest BCUT2D eigenvalue weighted by atomic mass is 16.2. The second-order valence-electron chi connectivity index (χ2n) is 3.41. The lowest BCUT2D eigenvalue weighted by Crippen LogP contribution is -2.29. The summed E-state index contributed by atoms with van der Waals surface area (Å²) in [4.78, 5) is 21.4. The molecule has 82 valence electrons. The summed E-state index contributed by atoms with van der Waals surface area (Å²) in [5.74, 6) is -0.115. The molecule has 0 saturated heterocycles. The maximum absolute atomic E-state index is 11.7. The summed E-state index contributed by atoms with van der Waals surface area (Å²) in [6.45, 7) is 3.06. The van der Waals surface area contributed by atoms with Crippen molar-refractivity contribution in [2.75, 3.05) is 20.1 Å². The van der Waals surface area contributed by atoms with Crippen molar-refractivity contribution in [3.05, 3.63) is 23.8 Å². The standard InChI is InChI=1S/C10H16N4O/c1-8-6-13-9(7-12-8)10(15)14(2)5-3-4-11/h6-7H,3-5,11H2,1-2H3. The van der Waals surface area contributed by atoms with Crippen LogP contribution >= 0.6 is 0 Å². The van der Waals surface area contributed by atoms with Gasteiger partial charge in [0.05, 0.1) is 11.9 Å². The predicted octanol–water partition coefficient (Wildman–Crippen LogP) is 0.206. The Morgan fingerprint density at radius 3 is 2.73 bits per heavy atom. The maximum Gasteiger partial charge on any atom is 0.273 e. The zero-order chi connectivity index (χ0) is 11.3. The molecule has 1 amide bonds. The number of amides is 1. The molecule has 1 rings (SSSR count). The van der Waals surface area contributed by atoms with Gasteiger partial charge in [0.25, 0.3) is 5.91 Å². The molecule has 0 bridgehead atoms. The van der Waals surface area contributed by atoms with Gasteiger partial charge < -0.3 is 10.6 Å². The Balaban J connectivity index is 2.63. The van der Waals surface area contributed by atoms with Crippen molar-refractivity contribution >= 4 is 5.91 Å². The van der Waals surface area contributed by atoms with Gasteiger partial charge in [-0.1, -0.05) is 0 Å². The number of carbonyl (C=O) groups excluding carboxylic acids is 1. The van der Waals surface area contributed by atoms with Gasteiger partial charge in [0.1, 0.15) is 5.69 Å². The minimum Gasteiger partial charge on any atom is -0.340 e. The first-order chi connectivity index (χ1) is 7.15. The van der Waals surface area contributed by atoms with Crippen molar-refractivity contribution in [3.63, 3.8) is 0 Å². The van der Waals surface area contributed by atoms with E-state index in [2.05, 4.69) is 9.97 Å². The molecule has 0 aromatic carbocycles. The van der Waals surface area contributed by atoms with Crippen LogP contribution in [-0.4, -0.2) is 40.9 Å². The smallest absolute Gasteiger partial charge is 0.273 e. The number of nitrogens with zero attached hydrogens (tertiary/aromatic N) is 3. The van der Waals surface area contributed by atoms with Crippen LogP contribution in [0.1, 0.15) is 22.6 Å². The van der Waals surface area contributed by atoms with Crippen molar-refractivity contribution in [1.82, 2.24) is 14.9 Å². The summed E-state index contributed by atoms with van der Waals surface area (Å²) in [6, 6.07) is 0. The molecular formula is C10H16N4O. The third-order valence-corrected chi connectivity index (χ3v) is 2.04. The van der Waals surface area contributed by atoms with Crippen LogP contribution in [0.15, 0.2) is 12.4 Å². The van der Waals surface area contributed by atoms with Crippen molar-refractivity contribution in [3.8, 4) is 0 Å². The van der Waals surface area contributed by atoms with E-state index < -0.39 is 0 Å². The highest BCUT2D eigenvalue weighted by Crippen LogP contribution is 1.99. The minimum absolute atomic E-state index is 0.115. The van der Waals surface area contributed by atoms with Gasteiger partial charge in [0, 0.05) is 19.8 Å². The van der Waals surface area contributed by atoms with Crippen LogP contribution in [0.2, 0.25) is 0 Å². The van der Waals surface area contributed by atoms with Gasteiger partial charge >= 0.3 is 0 Å². The monoisotopic (exact) mass is 208 g/mol. The van der Waals surface area contributed by atoms with Crippen LogP contribution in [0.25, 0.3) is 0 Å². The lowest BCUT2D eigenvalue weighted by molar-refractivity contribution is 0.0788. The van der Waals surface area contributed by atoms with E-state index >= 15 is 0 Å². The molecule has 5 nitrogen and oxygen atoms in total. The summed E-state index contributed by atoms with van der Waals surface area (Å²) in [6.07, 6.45) is 3.88. The molecule has 0 aliphatic rings. The topological polar surface area (TPSA) is 72.1 Å². The van der Waals surface area contributed by atoms with Crippen LogP contribution < -0.4 is 5.73 Å². The van der Waals surface area contributed by atoms with Crippen LogP contribution in [-0.2, 0) is 0 Å². The Morgan fingerprint density at radius 1 is 1.47 bits per heavy atom. The molecule has 0 aliphatic carbocycles. The zero-order valence-electron chi connectivity index (χ0n) is 9.10. The van der Waals surface area contributed by atoms with E-state index in [0.29, 0.717) is 18.8 Å². The molecule has 0 radical (unpaired) electrons. The Hall–Kier alpha value is -1.49. The average molecular weight is 208 g/mol. The van der Waals surface area contributed by atoms with Gasteiger partial charge in [0.15, 0.2) is 0 Å². The van der Waals surface area contributed by atoms with E-state index in [1.807, 2.05) is 6.92 Å². The van der Waals surface area contributed by atoms with Crippen molar-refractivity contribution in [1.29, 1.82) is 0 Å². The summed E-state index contributed by atoms with van der Waals surface area (Å²) in [7, 11) is 1.74. The Morgan fingerprint density at radius 2 is 2.20 bits per heavy atom. The van der Waals surface area contributed by atoms with Gasteiger partial charge in [0.2, 0.25) is 0 Å². The Kier molecular flexibility index (Phi) is 4.17. The van der Waals surface area contributed by atoms with E-state index in [9.17, 15) is 4.79 Å². The molecule has 0 spiro atoms. The largest absolute Gasteiger partial charge is 0.340 e. The molecule has 15 heavy (non-hydrogen) atoms. The lowest BCUT2D eigenvalue weighted by atomic mass is 10.3. The molecule has 1 aromatic rings. The predicted molar refractivity (Wildman–Crippen MR) is 57.4 cm³/mol. The van der Waals surface area contributed by atoms with Crippen LogP contribution in [0.5, 0.6) is 0 Å². The number of aryl methyl sites for hydroxylation is 1. The molecule has 0 unspecified atom stereocenters. The number of hydrogen-bond donors (Lipinski definition) is 1. The molecule has 0 atom stereocenters. The molecule has 0 fully saturated rings. The number of nitrogens with two attached hydrogens (primary N) is 1. The highest BCUT2D eigenvalue weighted by Gasteiger charge is 2.12. The lowest BCUT2D eigenvalue weighted by Gasteiger charge is -2.15. The van der Waals surface area contributed by atoms with Gasteiger partial charge in [-0.2, -0.15) is 0 Å². The SMILES string of the molecule is Cc1cnc(C(=O)N(C)CCCN)cn1. The molecule has 2 N–H and O–H groups in total. The van der Waals surface area contributed by atoms with E-state index in [1.165, 1.54) is 6.20 Å². The van der Waals surface area contributed by atoms with Gasteiger partial charge in [-0.15, -0.1) is 0 Å². The Bertz CT molecular complexity index is 323. The van der Waals surface area contributed by atoms with Crippen LogP contribution in [0, 0.1) is 6.92 Å². The minimum atomic E-state index is -0.115.